The van der Waals surface area contributed by atoms with Gasteiger partial charge in [0, 0.05) is 0 Å². The molecule has 2 bridgehead atoms. The SMILES string of the molecule is COc1cc(C=NN2C(=O)[C@@H]3[C@H](C2=O)[C@H]2C=C[C@H]3C2)ccc1OCc1ccccc1. The zero-order valence-electron chi connectivity index (χ0n) is 16.6. The van der Waals surface area contributed by atoms with E-state index in [4.69, 9.17) is 9.47 Å². The van der Waals surface area contributed by atoms with Crippen LogP contribution in [-0.4, -0.2) is 30.1 Å². The summed E-state index contributed by atoms with van der Waals surface area (Å²) in [6.45, 7) is 0.431. The molecule has 152 valence electrons. The highest BCUT2D eigenvalue weighted by molar-refractivity contribution is 6.06. The molecule has 1 saturated heterocycles. The van der Waals surface area contributed by atoms with Gasteiger partial charge in [-0.05, 0) is 47.6 Å². The van der Waals surface area contributed by atoms with E-state index < -0.39 is 0 Å². The summed E-state index contributed by atoms with van der Waals surface area (Å²) in [6.07, 6.45) is 6.58. The third-order valence-electron chi connectivity index (χ3n) is 6.19. The molecule has 1 aliphatic heterocycles. The molecule has 30 heavy (non-hydrogen) atoms. The highest BCUT2D eigenvalue weighted by Gasteiger charge is 2.59. The Bertz CT molecular complexity index is 1020. The summed E-state index contributed by atoms with van der Waals surface area (Å²) in [6, 6.07) is 15.3. The van der Waals surface area contributed by atoms with E-state index in [2.05, 4.69) is 17.3 Å². The van der Waals surface area contributed by atoms with Crippen molar-refractivity contribution in [2.24, 2.45) is 28.8 Å². The Kier molecular flexibility index (Phi) is 4.62. The molecule has 2 fully saturated rings. The van der Waals surface area contributed by atoms with Crippen molar-refractivity contribution in [3.8, 4) is 11.5 Å². The molecule has 2 aromatic rings. The number of carbonyl (C=O) groups is 2. The zero-order chi connectivity index (χ0) is 20.7. The fourth-order valence-electron chi connectivity index (χ4n) is 4.74. The molecule has 4 atom stereocenters. The van der Waals surface area contributed by atoms with Gasteiger partial charge >= 0.3 is 0 Å². The Balaban J connectivity index is 1.30. The number of hydrazone groups is 1. The predicted molar refractivity (Wildman–Crippen MR) is 111 cm³/mol. The van der Waals surface area contributed by atoms with Crippen LogP contribution in [0, 0.1) is 23.7 Å². The molecule has 1 saturated carbocycles. The molecule has 3 aliphatic rings. The van der Waals surface area contributed by atoms with Crippen molar-refractivity contribution in [3.05, 3.63) is 71.8 Å². The summed E-state index contributed by atoms with van der Waals surface area (Å²) in [5, 5.41) is 5.27. The molecule has 0 N–H and O–H groups in total. The average molecular weight is 402 g/mol. The molecule has 5 rings (SSSR count). The van der Waals surface area contributed by atoms with Gasteiger partial charge in [0.05, 0.1) is 25.2 Å². The molecule has 1 heterocycles. The smallest absolute Gasteiger partial charge is 0.254 e. The number of fused-ring (bicyclic) bond motifs is 5. The molecule has 0 unspecified atom stereocenters. The Morgan fingerprint density at radius 3 is 2.37 bits per heavy atom. The highest BCUT2D eigenvalue weighted by Crippen LogP contribution is 2.52. The lowest BCUT2D eigenvalue weighted by Crippen LogP contribution is -2.28. The number of hydrogen-bond donors (Lipinski definition) is 0. The number of imide groups is 1. The van der Waals surface area contributed by atoms with E-state index >= 15 is 0 Å². The standard InChI is InChI=1S/C24H22N2O4/c1-29-20-11-16(7-10-19(20)30-14-15-5-3-2-4-6-15)13-25-26-23(27)21-17-8-9-18(12-17)22(21)24(26)28/h2-11,13,17-18,21-22H,12,14H2,1H3/t17-,18-,21-,22+/m0/s1. The number of hydrogen-bond acceptors (Lipinski definition) is 5. The van der Waals surface area contributed by atoms with Crippen LogP contribution in [0.15, 0.2) is 65.8 Å². The molecule has 2 amide bonds. The second-order valence-electron chi connectivity index (χ2n) is 7.92. The fraction of sp³-hybridized carbons (Fsp3) is 0.292. The van der Waals surface area contributed by atoms with Crippen molar-refractivity contribution in [2.45, 2.75) is 13.0 Å². The van der Waals surface area contributed by atoms with Crippen molar-refractivity contribution in [1.29, 1.82) is 0 Å². The summed E-state index contributed by atoms with van der Waals surface area (Å²) in [7, 11) is 1.57. The first-order valence-corrected chi connectivity index (χ1v) is 10.1. The van der Waals surface area contributed by atoms with Gasteiger partial charge in [0.15, 0.2) is 11.5 Å². The number of benzene rings is 2. The van der Waals surface area contributed by atoms with Gasteiger partial charge in [-0.25, -0.2) is 0 Å². The normalized spacial score (nSPS) is 26.6. The van der Waals surface area contributed by atoms with Crippen LogP contribution in [0.4, 0.5) is 0 Å². The van der Waals surface area contributed by atoms with E-state index in [1.165, 1.54) is 6.21 Å². The van der Waals surface area contributed by atoms with Crippen molar-refractivity contribution in [2.75, 3.05) is 7.11 Å². The maximum absolute atomic E-state index is 12.7. The highest BCUT2D eigenvalue weighted by atomic mass is 16.5. The number of amides is 2. The summed E-state index contributed by atoms with van der Waals surface area (Å²) >= 11 is 0. The molecule has 2 aliphatic carbocycles. The third-order valence-corrected chi connectivity index (χ3v) is 6.19. The number of ether oxygens (including phenoxy) is 2. The monoisotopic (exact) mass is 402 g/mol. The summed E-state index contributed by atoms with van der Waals surface area (Å²) in [4.78, 5) is 25.4. The van der Waals surface area contributed by atoms with Gasteiger partial charge in [-0.15, -0.1) is 0 Å². The van der Waals surface area contributed by atoms with Crippen LogP contribution in [0.3, 0.4) is 0 Å². The van der Waals surface area contributed by atoms with E-state index in [1.807, 2.05) is 36.4 Å². The Morgan fingerprint density at radius 1 is 1.00 bits per heavy atom. The predicted octanol–water partition coefficient (Wildman–Crippen LogP) is 3.42. The Morgan fingerprint density at radius 2 is 1.70 bits per heavy atom. The lowest BCUT2D eigenvalue weighted by molar-refractivity contribution is -0.140. The van der Waals surface area contributed by atoms with Gasteiger partial charge in [0.25, 0.3) is 11.8 Å². The molecule has 0 radical (unpaired) electrons. The minimum absolute atomic E-state index is 0.179. The van der Waals surface area contributed by atoms with Crippen molar-refractivity contribution in [3.63, 3.8) is 0 Å². The zero-order valence-corrected chi connectivity index (χ0v) is 16.6. The summed E-state index contributed by atoms with van der Waals surface area (Å²) in [5.74, 6) is 0.675. The number of methoxy groups -OCH3 is 1. The summed E-state index contributed by atoms with van der Waals surface area (Å²) < 4.78 is 11.3. The average Bonchev–Trinajstić information content (AvgIpc) is 3.46. The van der Waals surface area contributed by atoms with E-state index in [9.17, 15) is 9.59 Å². The van der Waals surface area contributed by atoms with Crippen LogP contribution >= 0.6 is 0 Å². The van der Waals surface area contributed by atoms with Gasteiger partial charge in [-0.1, -0.05) is 42.5 Å². The molecular formula is C24H22N2O4. The Labute approximate surface area is 174 Å². The molecule has 2 aromatic carbocycles. The topological polar surface area (TPSA) is 68.2 Å². The lowest BCUT2D eigenvalue weighted by Gasteiger charge is -2.13. The molecule has 6 nitrogen and oxygen atoms in total. The van der Waals surface area contributed by atoms with Crippen LogP contribution in [0.5, 0.6) is 11.5 Å². The largest absolute Gasteiger partial charge is 0.493 e. The van der Waals surface area contributed by atoms with Crippen molar-refractivity contribution in [1.82, 2.24) is 5.01 Å². The third kappa shape index (κ3) is 3.09. The Hall–Kier alpha value is -3.41. The maximum atomic E-state index is 12.7. The van der Waals surface area contributed by atoms with Gasteiger partial charge < -0.3 is 9.47 Å². The quantitative estimate of drug-likeness (QED) is 0.422. The van der Waals surface area contributed by atoms with E-state index in [0.29, 0.717) is 18.1 Å². The minimum atomic E-state index is -0.243. The van der Waals surface area contributed by atoms with E-state index in [-0.39, 0.29) is 35.5 Å². The van der Waals surface area contributed by atoms with Gasteiger partial charge in [0.2, 0.25) is 0 Å². The molecule has 6 heteroatoms. The molecular weight excluding hydrogens is 380 g/mol. The van der Waals surface area contributed by atoms with Crippen LogP contribution in [0.2, 0.25) is 0 Å². The first kappa shape index (κ1) is 18.6. The molecule has 0 aromatic heterocycles. The molecule has 0 spiro atoms. The summed E-state index contributed by atoms with van der Waals surface area (Å²) in [5.41, 5.74) is 1.78. The van der Waals surface area contributed by atoms with E-state index in [0.717, 1.165) is 22.6 Å². The van der Waals surface area contributed by atoms with Crippen molar-refractivity contribution >= 4 is 18.0 Å². The number of rotatable bonds is 6. The van der Waals surface area contributed by atoms with Crippen LogP contribution in [0.1, 0.15) is 17.5 Å². The second-order valence-corrected chi connectivity index (χ2v) is 7.92. The maximum Gasteiger partial charge on any atom is 0.254 e. The lowest BCUT2D eigenvalue weighted by atomic mass is 9.85. The van der Waals surface area contributed by atoms with Crippen LogP contribution < -0.4 is 9.47 Å². The fourth-order valence-corrected chi connectivity index (χ4v) is 4.74. The van der Waals surface area contributed by atoms with E-state index in [1.54, 1.807) is 19.2 Å². The van der Waals surface area contributed by atoms with Crippen molar-refractivity contribution < 1.29 is 19.1 Å². The number of allylic oxidation sites excluding steroid dienone is 2. The van der Waals surface area contributed by atoms with Gasteiger partial charge in [-0.3, -0.25) is 9.59 Å². The van der Waals surface area contributed by atoms with Crippen LogP contribution in [0.25, 0.3) is 0 Å². The number of carbonyl (C=O) groups excluding carboxylic acids is 2. The first-order valence-electron chi connectivity index (χ1n) is 10.1. The minimum Gasteiger partial charge on any atom is -0.493 e. The second kappa shape index (κ2) is 7.44. The first-order chi connectivity index (χ1) is 14.7. The van der Waals surface area contributed by atoms with Gasteiger partial charge in [-0.2, -0.15) is 10.1 Å². The van der Waals surface area contributed by atoms with Gasteiger partial charge in [0.1, 0.15) is 6.61 Å². The van der Waals surface area contributed by atoms with Crippen LogP contribution in [-0.2, 0) is 16.2 Å². The number of nitrogens with zero attached hydrogens (tertiary/aromatic N) is 2.